The zero-order valence-corrected chi connectivity index (χ0v) is 10.1. The van der Waals surface area contributed by atoms with E-state index in [9.17, 15) is 4.79 Å². The van der Waals surface area contributed by atoms with Gasteiger partial charge in [-0.2, -0.15) is 0 Å². The first-order valence-corrected chi connectivity index (χ1v) is 5.93. The van der Waals surface area contributed by atoms with Crippen LogP contribution in [0.3, 0.4) is 0 Å². The highest BCUT2D eigenvalue weighted by Gasteiger charge is 2.31. The molecule has 17 heavy (non-hydrogen) atoms. The summed E-state index contributed by atoms with van der Waals surface area (Å²) in [7, 11) is 0. The molecule has 4 nitrogen and oxygen atoms in total. The maximum atomic E-state index is 11.6. The number of hydrogen-bond acceptors (Lipinski definition) is 3. The first-order valence-electron chi connectivity index (χ1n) is 5.93. The molecule has 0 spiro atoms. The van der Waals surface area contributed by atoms with Gasteiger partial charge in [-0.1, -0.05) is 29.8 Å². The Morgan fingerprint density at radius 2 is 2.12 bits per heavy atom. The fraction of sp³-hybridized carbons (Fsp3) is 0.462. The van der Waals surface area contributed by atoms with Gasteiger partial charge in [0.2, 0.25) is 0 Å². The van der Waals surface area contributed by atoms with E-state index in [1.165, 1.54) is 5.56 Å². The summed E-state index contributed by atoms with van der Waals surface area (Å²) in [5.74, 6) is 0. The third-order valence-corrected chi connectivity index (χ3v) is 2.97. The number of hydrogen-bond donors (Lipinski definition) is 1. The number of rotatable bonds is 4. The molecule has 4 heteroatoms. The topological polar surface area (TPSA) is 55.6 Å². The molecule has 0 radical (unpaired) electrons. The number of nitrogens with two attached hydrogens (primary N) is 1. The molecule has 1 heterocycles. The minimum atomic E-state index is -0.232. The first-order chi connectivity index (χ1) is 8.20. The number of aryl methyl sites for hydroxylation is 1. The Morgan fingerprint density at radius 1 is 1.41 bits per heavy atom. The monoisotopic (exact) mass is 234 g/mol. The van der Waals surface area contributed by atoms with Gasteiger partial charge in [0, 0.05) is 6.54 Å². The molecule has 2 N–H and O–H groups in total. The standard InChI is InChI=1S/C13H18N2O2/c1-10-3-5-11(6-4-10)12-9-15(8-2-7-14)13(16)17-12/h3-6,12H,2,7-9,14H2,1H3. The van der Waals surface area contributed by atoms with Gasteiger partial charge in [0.15, 0.2) is 0 Å². The lowest BCUT2D eigenvalue weighted by Crippen LogP contribution is -2.27. The van der Waals surface area contributed by atoms with Gasteiger partial charge in [0.05, 0.1) is 6.54 Å². The third-order valence-electron chi connectivity index (χ3n) is 2.97. The maximum absolute atomic E-state index is 11.6. The highest BCUT2D eigenvalue weighted by Crippen LogP contribution is 2.26. The molecule has 1 fully saturated rings. The molecule has 2 rings (SSSR count). The van der Waals surface area contributed by atoms with Gasteiger partial charge in [-0.15, -0.1) is 0 Å². The predicted octanol–water partition coefficient (Wildman–Crippen LogP) is 1.84. The molecule has 1 aliphatic rings. The highest BCUT2D eigenvalue weighted by atomic mass is 16.6. The molecule has 0 aliphatic carbocycles. The predicted molar refractivity (Wildman–Crippen MR) is 65.6 cm³/mol. The van der Waals surface area contributed by atoms with Crippen molar-refractivity contribution in [2.24, 2.45) is 5.73 Å². The number of cyclic esters (lactones) is 1. The lowest BCUT2D eigenvalue weighted by atomic mass is 10.1. The Kier molecular flexibility index (Phi) is 3.64. The van der Waals surface area contributed by atoms with E-state index in [0.29, 0.717) is 19.6 Å². The van der Waals surface area contributed by atoms with Crippen molar-refractivity contribution in [1.82, 2.24) is 4.90 Å². The van der Waals surface area contributed by atoms with E-state index in [-0.39, 0.29) is 12.2 Å². The molecular formula is C13H18N2O2. The summed E-state index contributed by atoms with van der Waals surface area (Å²) in [6.07, 6.45) is 0.445. The van der Waals surface area contributed by atoms with Crippen molar-refractivity contribution >= 4 is 6.09 Å². The van der Waals surface area contributed by atoms with Crippen molar-refractivity contribution in [2.75, 3.05) is 19.6 Å². The van der Waals surface area contributed by atoms with Crippen molar-refractivity contribution in [2.45, 2.75) is 19.4 Å². The summed E-state index contributed by atoms with van der Waals surface area (Å²) in [6.45, 7) is 3.94. The summed E-state index contributed by atoms with van der Waals surface area (Å²) in [4.78, 5) is 13.3. The Bertz CT molecular complexity index is 389. The van der Waals surface area contributed by atoms with Gasteiger partial charge >= 0.3 is 6.09 Å². The minimum absolute atomic E-state index is 0.138. The van der Waals surface area contributed by atoms with Crippen LogP contribution in [0.25, 0.3) is 0 Å². The Hall–Kier alpha value is -1.55. The fourth-order valence-corrected chi connectivity index (χ4v) is 1.93. The van der Waals surface area contributed by atoms with Gasteiger partial charge in [-0.25, -0.2) is 4.79 Å². The first kappa shape index (κ1) is 11.9. The second-order valence-corrected chi connectivity index (χ2v) is 4.37. The van der Waals surface area contributed by atoms with Crippen LogP contribution in [0.2, 0.25) is 0 Å². The van der Waals surface area contributed by atoms with Gasteiger partial charge in [0.25, 0.3) is 0 Å². The van der Waals surface area contributed by atoms with Gasteiger partial charge < -0.3 is 15.4 Å². The van der Waals surface area contributed by atoms with Crippen molar-refractivity contribution < 1.29 is 9.53 Å². The lowest BCUT2D eigenvalue weighted by molar-refractivity contribution is 0.132. The van der Waals surface area contributed by atoms with Crippen LogP contribution in [-0.2, 0) is 4.74 Å². The number of nitrogens with zero attached hydrogens (tertiary/aromatic N) is 1. The van der Waals surface area contributed by atoms with E-state index in [1.54, 1.807) is 4.90 Å². The largest absolute Gasteiger partial charge is 0.439 e. The van der Waals surface area contributed by atoms with Crippen molar-refractivity contribution in [3.63, 3.8) is 0 Å². The molecule has 1 aromatic carbocycles. The molecule has 1 aromatic rings. The zero-order chi connectivity index (χ0) is 12.3. The number of ether oxygens (including phenoxy) is 1. The molecule has 0 aromatic heterocycles. The second-order valence-electron chi connectivity index (χ2n) is 4.37. The Balaban J connectivity index is 2.00. The van der Waals surface area contributed by atoms with Crippen molar-refractivity contribution in [3.05, 3.63) is 35.4 Å². The molecule has 1 aliphatic heterocycles. The van der Waals surface area contributed by atoms with Crippen LogP contribution < -0.4 is 5.73 Å². The number of amides is 1. The van der Waals surface area contributed by atoms with Crippen LogP contribution in [0.1, 0.15) is 23.7 Å². The Morgan fingerprint density at radius 3 is 2.76 bits per heavy atom. The van der Waals surface area contributed by atoms with E-state index >= 15 is 0 Å². The molecule has 1 atom stereocenters. The quantitative estimate of drug-likeness (QED) is 0.864. The van der Waals surface area contributed by atoms with E-state index < -0.39 is 0 Å². The third kappa shape index (κ3) is 2.77. The SMILES string of the molecule is Cc1ccc(C2CN(CCCN)C(=O)O2)cc1. The molecule has 0 bridgehead atoms. The van der Waals surface area contributed by atoms with E-state index in [1.807, 2.05) is 31.2 Å². The number of benzene rings is 1. The number of carbonyl (C=O) groups excluding carboxylic acids is 1. The molecule has 1 saturated heterocycles. The van der Waals surface area contributed by atoms with Crippen molar-refractivity contribution in [3.8, 4) is 0 Å². The summed E-state index contributed by atoms with van der Waals surface area (Å²) in [5, 5.41) is 0. The molecule has 1 unspecified atom stereocenters. The summed E-state index contributed by atoms with van der Waals surface area (Å²) < 4.78 is 5.34. The average molecular weight is 234 g/mol. The molecule has 92 valence electrons. The van der Waals surface area contributed by atoms with Crippen LogP contribution in [0.5, 0.6) is 0 Å². The lowest BCUT2D eigenvalue weighted by Gasteiger charge is -2.11. The molecule has 1 amide bonds. The van der Waals surface area contributed by atoms with Gasteiger partial charge in [-0.3, -0.25) is 0 Å². The number of carbonyl (C=O) groups is 1. The highest BCUT2D eigenvalue weighted by molar-refractivity contribution is 5.70. The van der Waals surface area contributed by atoms with E-state index in [2.05, 4.69) is 0 Å². The molecule has 0 saturated carbocycles. The van der Waals surface area contributed by atoms with E-state index in [0.717, 1.165) is 12.0 Å². The van der Waals surface area contributed by atoms with Crippen LogP contribution in [0, 0.1) is 6.92 Å². The van der Waals surface area contributed by atoms with Crippen LogP contribution in [0.15, 0.2) is 24.3 Å². The van der Waals surface area contributed by atoms with Crippen LogP contribution in [0.4, 0.5) is 4.79 Å². The van der Waals surface area contributed by atoms with Crippen LogP contribution >= 0.6 is 0 Å². The molecular weight excluding hydrogens is 216 g/mol. The zero-order valence-electron chi connectivity index (χ0n) is 10.1. The van der Waals surface area contributed by atoms with Gasteiger partial charge in [0.1, 0.15) is 6.10 Å². The van der Waals surface area contributed by atoms with Crippen LogP contribution in [-0.4, -0.2) is 30.6 Å². The maximum Gasteiger partial charge on any atom is 0.410 e. The summed E-state index contributed by atoms with van der Waals surface area (Å²) in [6, 6.07) is 8.09. The van der Waals surface area contributed by atoms with Crippen molar-refractivity contribution in [1.29, 1.82) is 0 Å². The second kappa shape index (κ2) is 5.19. The normalized spacial score (nSPS) is 19.5. The smallest absolute Gasteiger partial charge is 0.410 e. The minimum Gasteiger partial charge on any atom is -0.439 e. The summed E-state index contributed by atoms with van der Waals surface area (Å²) >= 11 is 0. The Labute approximate surface area is 101 Å². The van der Waals surface area contributed by atoms with Gasteiger partial charge in [-0.05, 0) is 25.5 Å². The summed E-state index contributed by atoms with van der Waals surface area (Å²) in [5.41, 5.74) is 7.70. The average Bonchev–Trinajstić information content (AvgIpc) is 2.69. The fourth-order valence-electron chi connectivity index (χ4n) is 1.93. The van der Waals surface area contributed by atoms with E-state index in [4.69, 9.17) is 10.5 Å².